The Morgan fingerprint density at radius 2 is 1.61 bits per heavy atom. The fourth-order valence-electron chi connectivity index (χ4n) is 3.83. The summed E-state index contributed by atoms with van der Waals surface area (Å²) in [6, 6.07) is 22.5. The SMILES string of the molecule is Fc1ccc(-c2ccc(-n3ncc(CNCCc4ccncc4)c3-c3ccco3)cc2)cc1. The average molecular weight is 439 g/mol. The second-order valence-corrected chi connectivity index (χ2v) is 7.74. The molecule has 164 valence electrons. The Balaban J connectivity index is 1.36. The van der Waals surface area contributed by atoms with Crippen LogP contribution in [0.1, 0.15) is 11.1 Å². The van der Waals surface area contributed by atoms with Gasteiger partial charge in [-0.1, -0.05) is 24.3 Å². The molecular formula is C27H23FN4O. The number of benzene rings is 2. The molecule has 0 amide bonds. The predicted molar refractivity (Wildman–Crippen MR) is 126 cm³/mol. The number of aromatic nitrogens is 3. The summed E-state index contributed by atoms with van der Waals surface area (Å²) < 4.78 is 20.9. The topological polar surface area (TPSA) is 55.9 Å². The third-order valence-electron chi connectivity index (χ3n) is 5.54. The van der Waals surface area contributed by atoms with Gasteiger partial charge in [-0.25, -0.2) is 9.07 Å². The molecule has 0 aliphatic carbocycles. The Morgan fingerprint density at radius 1 is 0.879 bits per heavy atom. The second kappa shape index (κ2) is 9.63. The molecule has 0 spiro atoms. The molecule has 3 heterocycles. The van der Waals surface area contributed by atoms with Gasteiger partial charge in [0, 0.05) is 24.5 Å². The Kier molecular flexibility index (Phi) is 6.08. The van der Waals surface area contributed by atoms with Crippen LogP contribution < -0.4 is 5.32 Å². The van der Waals surface area contributed by atoms with E-state index in [1.807, 2.05) is 71.8 Å². The molecular weight excluding hydrogens is 415 g/mol. The number of hydrogen-bond donors (Lipinski definition) is 1. The van der Waals surface area contributed by atoms with Crippen LogP contribution in [-0.4, -0.2) is 21.3 Å². The minimum absolute atomic E-state index is 0.239. The summed E-state index contributed by atoms with van der Waals surface area (Å²) in [6.07, 6.45) is 8.11. The fourth-order valence-corrected chi connectivity index (χ4v) is 3.83. The fraction of sp³-hybridized carbons (Fsp3) is 0.111. The van der Waals surface area contributed by atoms with Crippen LogP contribution in [0.4, 0.5) is 4.39 Å². The minimum Gasteiger partial charge on any atom is -0.463 e. The van der Waals surface area contributed by atoms with Gasteiger partial charge in [-0.2, -0.15) is 5.10 Å². The number of rotatable bonds is 8. The zero-order valence-corrected chi connectivity index (χ0v) is 18.0. The van der Waals surface area contributed by atoms with Gasteiger partial charge in [-0.05, 0) is 78.2 Å². The highest BCUT2D eigenvalue weighted by atomic mass is 19.1. The number of hydrogen-bond acceptors (Lipinski definition) is 4. The summed E-state index contributed by atoms with van der Waals surface area (Å²) in [6.45, 7) is 1.52. The zero-order valence-electron chi connectivity index (χ0n) is 18.0. The molecule has 3 aromatic heterocycles. The second-order valence-electron chi connectivity index (χ2n) is 7.74. The van der Waals surface area contributed by atoms with Crippen LogP contribution in [0.2, 0.25) is 0 Å². The van der Waals surface area contributed by atoms with Crippen LogP contribution in [0.5, 0.6) is 0 Å². The molecule has 0 aliphatic heterocycles. The van der Waals surface area contributed by atoms with E-state index in [1.54, 1.807) is 18.4 Å². The third-order valence-corrected chi connectivity index (χ3v) is 5.54. The van der Waals surface area contributed by atoms with Gasteiger partial charge in [-0.3, -0.25) is 4.98 Å². The molecule has 5 aromatic rings. The Labute approximate surface area is 191 Å². The van der Waals surface area contributed by atoms with Crippen molar-refractivity contribution in [2.45, 2.75) is 13.0 Å². The molecule has 0 atom stereocenters. The highest BCUT2D eigenvalue weighted by molar-refractivity contribution is 5.66. The van der Waals surface area contributed by atoms with Crippen molar-refractivity contribution in [2.75, 3.05) is 6.54 Å². The molecule has 0 radical (unpaired) electrons. The summed E-state index contributed by atoms with van der Waals surface area (Å²) >= 11 is 0. The van der Waals surface area contributed by atoms with Crippen molar-refractivity contribution in [2.24, 2.45) is 0 Å². The summed E-state index contributed by atoms with van der Waals surface area (Å²) in [5, 5.41) is 8.16. The van der Waals surface area contributed by atoms with E-state index < -0.39 is 0 Å². The van der Waals surface area contributed by atoms with Gasteiger partial charge in [0.1, 0.15) is 11.5 Å². The lowest BCUT2D eigenvalue weighted by molar-refractivity contribution is 0.575. The van der Waals surface area contributed by atoms with Crippen molar-refractivity contribution in [1.29, 1.82) is 0 Å². The van der Waals surface area contributed by atoms with Gasteiger partial charge in [0.05, 0.1) is 18.1 Å². The highest BCUT2D eigenvalue weighted by Gasteiger charge is 2.16. The van der Waals surface area contributed by atoms with Gasteiger partial charge in [0.15, 0.2) is 5.76 Å². The van der Waals surface area contributed by atoms with Crippen molar-refractivity contribution in [1.82, 2.24) is 20.1 Å². The molecule has 0 fully saturated rings. The number of nitrogens with zero attached hydrogens (tertiary/aromatic N) is 3. The maximum absolute atomic E-state index is 13.2. The molecule has 33 heavy (non-hydrogen) atoms. The van der Waals surface area contributed by atoms with Gasteiger partial charge in [-0.15, -0.1) is 0 Å². The summed E-state index contributed by atoms with van der Waals surface area (Å²) in [7, 11) is 0. The third kappa shape index (κ3) is 4.76. The van der Waals surface area contributed by atoms with E-state index in [9.17, 15) is 4.39 Å². The standard InChI is InChI=1S/C27H23FN4O/c28-24-7-3-21(4-8-24)22-5-9-25(10-6-22)32-27(26-2-1-17-33-26)23(19-31-32)18-30-16-13-20-11-14-29-15-12-20/h1-12,14-15,17,19,30H,13,16,18H2. The minimum atomic E-state index is -0.239. The van der Waals surface area contributed by atoms with E-state index in [0.29, 0.717) is 6.54 Å². The average Bonchev–Trinajstić information content (AvgIpc) is 3.53. The molecule has 1 N–H and O–H groups in total. The normalized spacial score (nSPS) is 11.1. The number of pyridine rings is 1. The van der Waals surface area contributed by atoms with Gasteiger partial charge in [0.2, 0.25) is 0 Å². The first kappa shape index (κ1) is 20.8. The molecule has 0 saturated carbocycles. The van der Waals surface area contributed by atoms with E-state index in [2.05, 4.69) is 15.4 Å². The lowest BCUT2D eigenvalue weighted by Gasteiger charge is -2.10. The van der Waals surface area contributed by atoms with E-state index in [4.69, 9.17) is 4.42 Å². The van der Waals surface area contributed by atoms with Gasteiger partial charge >= 0.3 is 0 Å². The van der Waals surface area contributed by atoms with E-state index in [0.717, 1.165) is 46.8 Å². The molecule has 5 rings (SSSR count). The van der Waals surface area contributed by atoms with Gasteiger partial charge < -0.3 is 9.73 Å². The number of nitrogens with one attached hydrogen (secondary N) is 1. The smallest absolute Gasteiger partial charge is 0.152 e. The lowest BCUT2D eigenvalue weighted by atomic mass is 10.1. The van der Waals surface area contributed by atoms with Crippen molar-refractivity contribution >= 4 is 0 Å². The molecule has 0 aliphatic rings. The van der Waals surface area contributed by atoms with Crippen molar-refractivity contribution in [3.63, 3.8) is 0 Å². The monoisotopic (exact) mass is 438 g/mol. The summed E-state index contributed by atoms with van der Waals surface area (Å²) in [5.41, 5.74) is 6.14. The summed E-state index contributed by atoms with van der Waals surface area (Å²) in [4.78, 5) is 4.06. The first-order valence-electron chi connectivity index (χ1n) is 10.8. The Hall–Kier alpha value is -4.03. The molecule has 6 heteroatoms. The van der Waals surface area contributed by atoms with Crippen molar-refractivity contribution in [3.8, 4) is 28.3 Å². The van der Waals surface area contributed by atoms with Crippen LogP contribution in [0, 0.1) is 5.82 Å². The quantitative estimate of drug-likeness (QED) is 0.317. The maximum atomic E-state index is 13.2. The summed E-state index contributed by atoms with van der Waals surface area (Å²) in [5.74, 6) is 0.526. The lowest BCUT2D eigenvalue weighted by Crippen LogP contribution is -2.17. The number of halogens is 1. The van der Waals surface area contributed by atoms with Crippen LogP contribution in [0.3, 0.4) is 0 Å². The first-order valence-corrected chi connectivity index (χ1v) is 10.8. The van der Waals surface area contributed by atoms with Crippen LogP contribution in [0.25, 0.3) is 28.3 Å². The maximum Gasteiger partial charge on any atom is 0.152 e. The van der Waals surface area contributed by atoms with E-state index in [-0.39, 0.29) is 5.82 Å². The predicted octanol–water partition coefficient (Wildman–Crippen LogP) is 5.67. The van der Waals surface area contributed by atoms with Gasteiger partial charge in [0.25, 0.3) is 0 Å². The largest absolute Gasteiger partial charge is 0.463 e. The molecule has 0 unspecified atom stereocenters. The Bertz CT molecular complexity index is 1300. The molecule has 2 aromatic carbocycles. The van der Waals surface area contributed by atoms with Crippen LogP contribution in [-0.2, 0) is 13.0 Å². The van der Waals surface area contributed by atoms with Crippen molar-refractivity contribution in [3.05, 3.63) is 115 Å². The first-order chi connectivity index (χ1) is 16.3. The molecule has 0 bridgehead atoms. The van der Waals surface area contributed by atoms with E-state index >= 15 is 0 Å². The highest BCUT2D eigenvalue weighted by Crippen LogP contribution is 2.28. The molecule has 5 nitrogen and oxygen atoms in total. The van der Waals surface area contributed by atoms with Crippen molar-refractivity contribution < 1.29 is 8.81 Å². The molecule has 0 saturated heterocycles. The zero-order chi connectivity index (χ0) is 22.5. The van der Waals surface area contributed by atoms with Crippen LogP contribution in [0.15, 0.2) is 102 Å². The Morgan fingerprint density at radius 3 is 2.30 bits per heavy atom. The van der Waals surface area contributed by atoms with Crippen LogP contribution >= 0.6 is 0 Å². The number of furan rings is 1. The van der Waals surface area contributed by atoms with E-state index in [1.165, 1.54) is 17.7 Å².